The van der Waals surface area contributed by atoms with Crippen molar-refractivity contribution in [1.29, 1.82) is 0 Å². The molecular weight excluding hydrogens is 592 g/mol. The predicted molar refractivity (Wildman–Crippen MR) is 198 cm³/mol. The molecule has 270 valence electrons. The second-order valence-electron chi connectivity index (χ2n) is 19.0. The van der Waals surface area contributed by atoms with Gasteiger partial charge in [-0.2, -0.15) is 0 Å². The Morgan fingerprint density at radius 2 is 1.65 bits per heavy atom. The minimum Gasteiger partial charge on any atom is -0.481 e. The lowest BCUT2D eigenvalue weighted by atomic mass is 9.33. The minimum absolute atomic E-state index is 0.144. The summed E-state index contributed by atoms with van der Waals surface area (Å²) in [6, 6.07) is 0. The summed E-state index contributed by atoms with van der Waals surface area (Å²) in [5, 5.41) is 13.8. The van der Waals surface area contributed by atoms with Crippen LogP contribution in [0.15, 0.2) is 35.5 Å². The van der Waals surface area contributed by atoms with Crippen molar-refractivity contribution in [1.82, 2.24) is 10.2 Å². The van der Waals surface area contributed by atoms with Gasteiger partial charge in [-0.3, -0.25) is 9.69 Å². The van der Waals surface area contributed by atoms with E-state index in [4.69, 9.17) is 4.74 Å². The predicted octanol–water partition coefficient (Wildman–Crippen LogP) is 9.45. The number of nitrogens with one attached hydrogen (secondary N) is 1. The van der Waals surface area contributed by atoms with Crippen LogP contribution in [0.2, 0.25) is 0 Å². The molecule has 9 atom stereocenters. The van der Waals surface area contributed by atoms with E-state index in [0.29, 0.717) is 34.1 Å². The molecule has 7 rings (SSSR count). The van der Waals surface area contributed by atoms with Gasteiger partial charge in [0.15, 0.2) is 0 Å². The monoisotopic (exact) mass is 663 g/mol. The molecule has 7 aliphatic rings. The van der Waals surface area contributed by atoms with Crippen LogP contribution in [-0.2, 0) is 9.53 Å². The van der Waals surface area contributed by atoms with Crippen molar-refractivity contribution in [3.63, 3.8) is 0 Å². The first kappa shape index (κ1) is 36.4. The third-order valence-corrected chi connectivity index (χ3v) is 16.1. The molecular formula is C43H70N2O3. The van der Waals surface area contributed by atoms with Gasteiger partial charge >= 0.3 is 5.97 Å². The van der Waals surface area contributed by atoms with Crippen LogP contribution in [-0.4, -0.2) is 60.9 Å². The fourth-order valence-corrected chi connectivity index (χ4v) is 13.6. The molecule has 0 aromatic heterocycles. The van der Waals surface area contributed by atoms with Crippen molar-refractivity contribution in [2.24, 2.45) is 51.2 Å². The molecule has 2 N–H and O–H groups in total. The molecule has 5 fully saturated rings. The zero-order chi connectivity index (χ0) is 34.5. The summed E-state index contributed by atoms with van der Waals surface area (Å²) < 4.78 is 5.60. The van der Waals surface area contributed by atoms with Crippen LogP contribution in [0, 0.1) is 51.2 Å². The maximum absolute atomic E-state index is 11.6. The van der Waals surface area contributed by atoms with Crippen LogP contribution in [0.1, 0.15) is 132 Å². The van der Waals surface area contributed by atoms with Crippen molar-refractivity contribution in [3.8, 4) is 0 Å². The van der Waals surface area contributed by atoms with Gasteiger partial charge in [0.1, 0.15) is 0 Å². The summed E-state index contributed by atoms with van der Waals surface area (Å²) in [6.45, 7) is 27.1. The summed E-state index contributed by atoms with van der Waals surface area (Å²) in [4.78, 5) is 14.2. The fraction of sp³-hybridized carbons (Fsp3) is 0.837. The van der Waals surface area contributed by atoms with Crippen molar-refractivity contribution in [2.45, 2.75) is 137 Å². The molecule has 5 heteroatoms. The SMILES string of the molecule is C=C(C)C.CC1(C)C(C2=CCC(C(=O)O)CC2)=CCC2(C)C1CCC1(C)C2CCC2[C@H]3CCCC3(NCCN3CCOCC3)CC[C@]21C. The molecule has 6 aliphatic carbocycles. The first-order chi connectivity index (χ1) is 22.7. The van der Waals surface area contributed by atoms with Gasteiger partial charge in [-0.25, -0.2) is 0 Å². The molecule has 0 bridgehead atoms. The Bertz CT molecular complexity index is 1270. The summed E-state index contributed by atoms with van der Waals surface area (Å²) in [7, 11) is 0. The highest BCUT2D eigenvalue weighted by Gasteiger charge is 2.69. The van der Waals surface area contributed by atoms with Gasteiger partial charge < -0.3 is 15.2 Å². The molecule has 1 heterocycles. The molecule has 0 aromatic carbocycles. The minimum atomic E-state index is -0.623. The van der Waals surface area contributed by atoms with E-state index < -0.39 is 5.97 Å². The van der Waals surface area contributed by atoms with Gasteiger partial charge in [-0.1, -0.05) is 58.8 Å². The Morgan fingerprint density at radius 3 is 2.31 bits per heavy atom. The van der Waals surface area contributed by atoms with E-state index in [-0.39, 0.29) is 11.3 Å². The number of carbonyl (C=O) groups is 1. The highest BCUT2D eigenvalue weighted by atomic mass is 16.5. The number of carboxylic acid groups (broad SMARTS) is 1. The largest absolute Gasteiger partial charge is 0.481 e. The van der Waals surface area contributed by atoms with Crippen molar-refractivity contribution in [2.75, 3.05) is 39.4 Å². The summed E-state index contributed by atoms with van der Waals surface area (Å²) in [6.07, 6.45) is 21.1. The standard InChI is InChI=1S/C39H62N2O3.C4H8/c1-35(2)29(27-8-10-28(11-9-27)34(42)43)14-17-36(3)32(35)15-18-38(5)33(36)13-12-30-31-7-6-16-39(31,20-19-37(30,38)4)40-21-22-41-23-25-44-26-24-41;1-4(2)3/h8,14,28,30-33,40H,6-7,9-13,15-26H2,1-5H3,(H,42,43);1H2,2-3H3/t28?,30?,31-,32?,33?,36?,37-,38?,39?;/m1./s1. The normalized spacial score (nSPS) is 43.6. The average Bonchev–Trinajstić information content (AvgIpc) is 3.46. The number of carboxylic acids is 1. The van der Waals surface area contributed by atoms with Crippen LogP contribution in [0.25, 0.3) is 0 Å². The molecule has 7 unspecified atom stereocenters. The second kappa shape index (κ2) is 13.6. The average molecular weight is 663 g/mol. The third-order valence-electron chi connectivity index (χ3n) is 16.1. The highest BCUT2D eigenvalue weighted by Crippen LogP contribution is 2.76. The lowest BCUT2D eigenvalue weighted by Gasteiger charge is -2.72. The number of hydrogen-bond acceptors (Lipinski definition) is 4. The van der Waals surface area contributed by atoms with E-state index in [1.165, 1.54) is 81.9 Å². The number of rotatable bonds is 6. The number of ether oxygens (including phenoxy) is 1. The maximum atomic E-state index is 11.6. The Morgan fingerprint density at radius 1 is 0.917 bits per heavy atom. The van der Waals surface area contributed by atoms with Crippen LogP contribution < -0.4 is 5.32 Å². The topological polar surface area (TPSA) is 61.8 Å². The Labute approximate surface area is 293 Å². The first-order valence-electron chi connectivity index (χ1n) is 20.0. The smallest absolute Gasteiger partial charge is 0.306 e. The van der Waals surface area contributed by atoms with Crippen LogP contribution in [0.3, 0.4) is 0 Å². The summed E-state index contributed by atoms with van der Waals surface area (Å²) in [5.41, 5.74) is 5.88. The Kier molecular flexibility index (Phi) is 10.3. The number of hydrogen-bond donors (Lipinski definition) is 2. The van der Waals surface area contributed by atoms with Crippen molar-refractivity contribution >= 4 is 5.97 Å². The highest BCUT2D eigenvalue weighted by molar-refractivity contribution is 5.70. The second-order valence-corrected chi connectivity index (χ2v) is 19.0. The molecule has 48 heavy (non-hydrogen) atoms. The van der Waals surface area contributed by atoms with Crippen LogP contribution in [0.5, 0.6) is 0 Å². The van der Waals surface area contributed by atoms with Gasteiger partial charge in [0.2, 0.25) is 0 Å². The number of nitrogens with zero attached hydrogens (tertiary/aromatic N) is 1. The van der Waals surface area contributed by atoms with E-state index in [2.05, 4.69) is 63.6 Å². The van der Waals surface area contributed by atoms with E-state index in [9.17, 15) is 9.90 Å². The Hall–Kier alpha value is -1.43. The van der Waals surface area contributed by atoms with Crippen LogP contribution >= 0.6 is 0 Å². The molecule has 5 nitrogen and oxygen atoms in total. The number of morpholine rings is 1. The van der Waals surface area contributed by atoms with Gasteiger partial charge in [0.05, 0.1) is 19.1 Å². The van der Waals surface area contributed by atoms with Crippen LogP contribution in [0.4, 0.5) is 0 Å². The zero-order valence-electron chi connectivity index (χ0n) is 31.9. The third kappa shape index (κ3) is 6.12. The first-order valence-corrected chi connectivity index (χ1v) is 20.0. The fourth-order valence-electron chi connectivity index (χ4n) is 13.6. The van der Waals surface area contributed by atoms with Gasteiger partial charge in [-0.15, -0.1) is 6.58 Å². The van der Waals surface area contributed by atoms with E-state index >= 15 is 0 Å². The van der Waals surface area contributed by atoms with Crippen molar-refractivity contribution < 1.29 is 14.6 Å². The molecule has 0 amide bonds. The number of allylic oxidation sites excluding steroid dienone is 5. The molecule has 4 saturated carbocycles. The van der Waals surface area contributed by atoms with Gasteiger partial charge in [0, 0.05) is 31.7 Å². The molecule has 0 aromatic rings. The quantitative estimate of drug-likeness (QED) is 0.278. The number of aliphatic carboxylic acids is 1. The zero-order valence-corrected chi connectivity index (χ0v) is 31.9. The molecule has 1 aliphatic heterocycles. The van der Waals surface area contributed by atoms with E-state index in [0.717, 1.165) is 63.4 Å². The molecule has 0 spiro atoms. The molecule has 0 radical (unpaired) electrons. The summed E-state index contributed by atoms with van der Waals surface area (Å²) in [5.74, 6) is 2.36. The Balaban J connectivity index is 0.000000952. The maximum Gasteiger partial charge on any atom is 0.306 e. The molecule has 1 saturated heterocycles. The van der Waals surface area contributed by atoms with Crippen molar-refractivity contribution in [3.05, 3.63) is 35.5 Å². The lowest BCUT2D eigenvalue weighted by Crippen LogP contribution is -2.67. The lowest BCUT2D eigenvalue weighted by molar-refractivity contribution is -0.218. The van der Waals surface area contributed by atoms with Gasteiger partial charge in [0.25, 0.3) is 0 Å². The van der Waals surface area contributed by atoms with E-state index in [1.807, 2.05) is 13.8 Å². The van der Waals surface area contributed by atoms with E-state index in [1.54, 1.807) is 5.57 Å². The number of fused-ring (bicyclic) bond motifs is 7. The summed E-state index contributed by atoms with van der Waals surface area (Å²) >= 11 is 0. The van der Waals surface area contributed by atoms with Gasteiger partial charge in [-0.05, 0) is 147 Å².